The standard InChI is InChI=1S/C18H21BrN4O3S2/c1-23-14(11(19)9-20-23)15(24)21-18(27)22-16-13(17(25)26-2)10-7-5-3-4-6-8-12(10)28-16/h9H,3-8H2,1-2H3,(H2,21,22,24,27). The smallest absolute Gasteiger partial charge is 0.341 e. The zero-order chi connectivity index (χ0) is 20.3. The fourth-order valence-corrected chi connectivity index (χ4v) is 5.36. The second-order valence-corrected chi connectivity index (χ2v) is 8.85. The number of ether oxygens (including phenoxy) is 1. The summed E-state index contributed by atoms with van der Waals surface area (Å²) in [6, 6.07) is 0. The molecule has 0 spiro atoms. The molecule has 3 rings (SSSR count). The number of thiocarbonyl (C=S) groups is 1. The van der Waals surface area contributed by atoms with E-state index in [1.165, 1.54) is 34.4 Å². The summed E-state index contributed by atoms with van der Waals surface area (Å²) in [6.45, 7) is 0. The summed E-state index contributed by atoms with van der Waals surface area (Å²) in [7, 11) is 3.05. The molecule has 1 aliphatic carbocycles. The van der Waals surface area contributed by atoms with Gasteiger partial charge in [-0.15, -0.1) is 11.3 Å². The number of carbonyl (C=O) groups is 2. The third-order valence-corrected chi connectivity index (χ3v) is 6.62. The number of halogens is 1. The average molecular weight is 485 g/mol. The van der Waals surface area contributed by atoms with Crippen LogP contribution in [0.25, 0.3) is 0 Å². The molecule has 28 heavy (non-hydrogen) atoms. The molecule has 0 radical (unpaired) electrons. The molecule has 2 N–H and O–H groups in total. The first kappa shape index (κ1) is 20.9. The van der Waals surface area contributed by atoms with E-state index in [-0.39, 0.29) is 17.0 Å². The summed E-state index contributed by atoms with van der Waals surface area (Å²) in [6.07, 6.45) is 7.83. The van der Waals surface area contributed by atoms with Crippen LogP contribution >= 0.6 is 39.5 Å². The van der Waals surface area contributed by atoms with E-state index in [2.05, 4.69) is 31.7 Å². The number of esters is 1. The van der Waals surface area contributed by atoms with E-state index in [0.29, 0.717) is 20.7 Å². The van der Waals surface area contributed by atoms with Gasteiger partial charge < -0.3 is 10.1 Å². The Kier molecular flexibility index (Phi) is 6.84. The van der Waals surface area contributed by atoms with Crippen molar-refractivity contribution >= 4 is 61.5 Å². The Hall–Kier alpha value is -1.78. The molecule has 0 unspecified atom stereocenters. The SMILES string of the molecule is COC(=O)c1c(NC(=S)NC(=O)c2c(Br)cnn2C)sc2c1CCCCCC2. The number of methoxy groups -OCH3 is 1. The lowest BCUT2D eigenvalue weighted by Crippen LogP contribution is -2.35. The highest BCUT2D eigenvalue weighted by molar-refractivity contribution is 9.10. The van der Waals surface area contributed by atoms with Gasteiger partial charge in [0, 0.05) is 11.9 Å². The highest BCUT2D eigenvalue weighted by atomic mass is 79.9. The predicted molar refractivity (Wildman–Crippen MR) is 116 cm³/mol. The molecule has 0 saturated carbocycles. The van der Waals surface area contributed by atoms with E-state index in [9.17, 15) is 9.59 Å². The van der Waals surface area contributed by atoms with E-state index < -0.39 is 0 Å². The van der Waals surface area contributed by atoms with Crippen molar-refractivity contribution in [2.24, 2.45) is 7.05 Å². The van der Waals surface area contributed by atoms with Gasteiger partial charge in [-0.2, -0.15) is 5.10 Å². The Morgan fingerprint density at radius 3 is 2.64 bits per heavy atom. The molecule has 0 saturated heterocycles. The van der Waals surface area contributed by atoms with Gasteiger partial charge in [0.2, 0.25) is 0 Å². The van der Waals surface area contributed by atoms with Crippen molar-refractivity contribution in [1.29, 1.82) is 0 Å². The lowest BCUT2D eigenvalue weighted by atomic mass is 9.96. The Balaban J connectivity index is 1.82. The molecule has 0 atom stereocenters. The van der Waals surface area contributed by atoms with Crippen LogP contribution in [0.1, 0.15) is 57.0 Å². The summed E-state index contributed by atoms with van der Waals surface area (Å²) in [5.41, 5.74) is 1.93. The topological polar surface area (TPSA) is 85.2 Å². The minimum Gasteiger partial charge on any atom is -0.465 e. The Labute approximate surface area is 181 Å². The number of aryl methyl sites for hydroxylation is 2. The Bertz CT molecular complexity index is 903. The molecule has 0 fully saturated rings. The normalized spacial score (nSPS) is 13.8. The summed E-state index contributed by atoms with van der Waals surface area (Å²) >= 11 is 10.1. The number of nitrogens with zero attached hydrogens (tertiary/aromatic N) is 2. The van der Waals surface area contributed by atoms with Crippen molar-refractivity contribution in [3.05, 3.63) is 32.4 Å². The molecular formula is C18H21BrN4O3S2. The summed E-state index contributed by atoms with van der Waals surface area (Å²) in [5, 5.41) is 10.4. The molecule has 2 aromatic rings. The Morgan fingerprint density at radius 1 is 1.29 bits per heavy atom. The van der Waals surface area contributed by atoms with Gasteiger partial charge in [0.15, 0.2) is 5.11 Å². The van der Waals surface area contributed by atoms with Crippen molar-refractivity contribution in [1.82, 2.24) is 15.1 Å². The fourth-order valence-electron chi connectivity index (χ4n) is 3.29. The van der Waals surface area contributed by atoms with Crippen LogP contribution in [0.3, 0.4) is 0 Å². The molecule has 0 bridgehead atoms. The maximum absolute atomic E-state index is 12.5. The quantitative estimate of drug-likeness (QED) is 0.508. The number of aromatic nitrogens is 2. The number of hydrogen-bond donors (Lipinski definition) is 2. The van der Waals surface area contributed by atoms with Gasteiger partial charge in [0.05, 0.1) is 23.3 Å². The van der Waals surface area contributed by atoms with E-state index in [0.717, 1.165) is 37.7 Å². The van der Waals surface area contributed by atoms with Crippen LogP contribution in [0.15, 0.2) is 10.7 Å². The largest absolute Gasteiger partial charge is 0.465 e. The first-order valence-corrected chi connectivity index (χ1v) is 11.0. The number of hydrogen-bond acceptors (Lipinski definition) is 6. The summed E-state index contributed by atoms with van der Waals surface area (Å²) < 4.78 is 7.04. The number of carbonyl (C=O) groups excluding carboxylic acids is 2. The van der Waals surface area contributed by atoms with E-state index >= 15 is 0 Å². The van der Waals surface area contributed by atoms with Crippen molar-refractivity contribution in [2.75, 3.05) is 12.4 Å². The molecule has 1 amide bonds. The average Bonchev–Trinajstić information content (AvgIpc) is 3.13. The van der Waals surface area contributed by atoms with Gasteiger partial charge in [0.1, 0.15) is 10.7 Å². The molecule has 0 aliphatic heterocycles. The van der Waals surface area contributed by atoms with Crippen molar-refractivity contribution in [3.63, 3.8) is 0 Å². The van der Waals surface area contributed by atoms with Crippen LogP contribution in [0, 0.1) is 0 Å². The number of anilines is 1. The maximum atomic E-state index is 12.5. The molecule has 1 aliphatic rings. The molecule has 0 aromatic carbocycles. The monoisotopic (exact) mass is 484 g/mol. The molecule has 10 heteroatoms. The first-order valence-electron chi connectivity index (χ1n) is 8.95. The van der Waals surface area contributed by atoms with Crippen LogP contribution in [-0.2, 0) is 24.6 Å². The van der Waals surface area contributed by atoms with Crippen molar-refractivity contribution < 1.29 is 14.3 Å². The zero-order valence-corrected chi connectivity index (χ0v) is 18.9. The van der Waals surface area contributed by atoms with Crippen LogP contribution in [0.5, 0.6) is 0 Å². The Morgan fingerprint density at radius 2 is 2.00 bits per heavy atom. The molecular weight excluding hydrogens is 464 g/mol. The highest BCUT2D eigenvalue weighted by Crippen LogP contribution is 2.37. The number of fused-ring (bicyclic) bond motifs is 1. The lowest BCUT2D eigenvalue weighted by Gasteiger charge is -2.12. The molecule has 2 heterocycles. The van der Waals surface area contributed by atoms with Gasteiger partial charge in [-0.1, -0.05) is 12.8 Å². The number of nitrogens with one attached hydrogen (secondary N) is 2. The van der Waals surface area contributed by atoms with Gasteiger partial charge in [-0.3, -0.25) is 14.8 Å². The van der Waals surface area contributed by atoms with E-state index in [4.69, 9.17) is 17.0 Å². The van der Waals surface area contributed by atoms with E-state index in [1.807, 2.05) is 0 Å². The lowest BCUT2D eigenvalue weighted by molar-refractivity contribution is 0.0601. The van der Waals surface area contributed by atoms with Gasteiger partial charge in [-0.05, 0) is 59.4 Å². The second kappa shape index (κ2) is 9.15. The third-order valence-electron chi connectivity index (χ3n) is 4.62. The van der Waals surface area contributed by atoms with Gasteiger partial charge in [0.25, 0.3) is 5.91 Å². The van der Waals surface area contributed by atoms with Crippen LogP contribution in [-0.4, -0.2) is 33.9 Å². The predicted octanol–water partition coefficient (Wildman–Crippen LogP) is 3.82. The minimum atomic E-state index is -0.390. The van der Waals surface area contributed by atoms with Crippen LogP contribution < -0.4 is 10.6 Å². The number of amides is 1. The number of rotatable bonds is 3. The van der Waals surface area contributed by atoms with Gasteiger partial charge >= 0.3 is 5.97 Å². The maximum Gasteiger partial charge on any atom is 0.341 e. The fraction of sp³-hybridized carbons (Fsp3) is 0.444. The third kappa shape index (κ3) is 4.44. The molecule has 7 nitrogen and oxygen atoms in total. The van der Waals surface area contributed by atoms with Crippen molar-refractivity contribution in [3.8, 4) is 0 Å². The number of thiophene rings is 1. The van der Waals surface area contributed by atoms with Crippen LogP contribution in [0.4, 0.5) is 5.00 Å². The molecule has 2 aromatic heterocycles. The molecule has 150 valence electrons. The summed E-state index contributed by atoms with van der Waals surface area (Å²) in [4.78, 5) is 26.1. The summed E-state index contributed by atoms with van der Waals surface area (Å²) in [5.74, 6) is -0.775. The highest BCUT2D eigenvalue weighted by Gasteiger charge is 2.26. The van der Waals surface area contributed by atoms with Gasteiger partial charge in [-0.25, -0.2) is 4.79 Å². The first-order chi connectivity index (χ1) is 13.4. The van der Waals surface area contributed by atoms with Crippen molar-refractivity contribution in [2.45, 2.75) is 38.5 Å². The van der Waals surface area contributed by atoms with E-state index in [1.54, 1.807) is 13.2 Å². The minimum absolute atomic E-state index is 0.123. The zero-order valence-electron chi connectivity index (χ0n) is 15.6. The van der Waals surface area contributed by atoms with Crippen LogP contribution in [0.2, 0.25) is 0 Å². The second-order valence-electron chi connectivity index (χ2n) is 6.49.